The summed E-state index contributed by atoms with van der Waals surface area (Å²) in [6.07, 6.45) is 33.3. The van der Waals surface area contributed by atoms with Gasteiger partial charge in [0.25, 0.3) is 0 Å². The normalized spacial score (nSPS) is 28.5. The van der Waals surface area contributed by atoms with E-state index in [1.165, 1.54) is 77.0 Å². The van der Waals surface area contributed by atoms with Crippen LogP contribution in [0.15, 0.2) is 0 Å². The Morgan fingerprint density at radius 2 is 0.714 bits per heavy atom. The highest BCUT2D eigenvalue weighted by atomic mass is 14.4. The van der Waals surface area contributed by atoms with E-state index in [4.69, 9.17) is 0 Å². The summed E-state index contributed by atoms with van der Waals surface area (Å²) in [5.41, 5.74) is 0. The second-order valence-electron chi connectivity index (χ2n) is 10.7. The molecule has 0 amide bonds. The Bertz CT molecular complexity index is 330. The minimum absolute atomic E-state index is 1.09. The van der Waals surface area contributed by atoms with Crippen LogP contribution in [0.25, 0.3) is 0 Å². The predicted octanol–water partition coefficient (Wildman–Crippen LogP) is 10.1. The largest absolute Gasteiger partial charge is 0.0654 e. The highest BCUT2D eigenvalue weighted by Crippen LogP contribution is 2.43. The lowest BCUT2D eigenvalue weighted by atomic mass is 9.68. The Kier molecular flexibility index (Phi) is 13.7. The van der Waals surface area contributed by atoms with Gasteiger partial charge in [-0.15, -0.1) is 0 Å². The average molecular weight is 391 g/mol. The van der Waals surface area contributed by atoms with Crippen LogP contribution in [-0.4, -0.2) is 0 Å². The zero-order valence-electron chi connectivity index (χ0n) is 19.9. The first kappa shape index (κ1) is 24.3. The van der Waals surface area contributed by atoms with Crippen LogP contribution >= 0.6 is 0 Å². The quantitative estimate of drug-likeness (QED) is 0.244. The zero-order chi connectivity index (χ0) is 19.9. The molecule has 2 saturated carbocycles. The molecule has 0 aromatic rings. The molecular formula is C28H54. The summed E-state index contributed by atoms with van der Waals surface area (Å²) in [6, 6.07) is 0. The lowest BCUT2D eigenvalue weighted by molar-refractivity contribution is 0.139. The molecule has 0 nitrogen and oxygen atoms in total. The van der Waals surface area contributed by atoms with Gasteiger partial charge < -0.3 is 0 Å². The molecule has 0 saturated heterocycles. The van der Waals surface area contributed by atoms with Crippen LogP contribution in [-0.2, 0) is 0 Å². The summed E-state index contributed by atoms with van der Waals surface area (Å²) in [4.78, 5) is 0. The van der Waals surface area contributed by atoms with E-state index in [0.29, 0.717) is 0 Å². The van der Waals surface area contributed by atoms with Gasteiger partial charge in [0.05, 0.1) is 0 Å². The number of hydrogen-bond donors (Lipinski definition) is 0. The molecule has 166 valence electrons. The smallest absolute Gasteiger partial charge is 0.0386 e. The standard InChI is InChI=1S/C28H54/c1-3-5-7-9-10-12-14-16-26-19-23-28(24-20-26)27-21-17-25(18-22-27)15-13-11-8-6-4-2/h25-28H,3-24H2,1-2H3/t25-,26-,27-,28-. The summed E-state index contributed by atoms with van der Waals surface area (Å²) < 4.78 is 0. The lowest BCUT2D eigenvalue weighted by Gasteiger charge is -2.38. The summed E-state index contributed by atoms with van der Waals surface area (Å²) in [5.74, 6) is 4.39. The molecule has 2 rings (SSSR count). The Morgan fingerprint density at radius 3 is 1.07 bits per heavy atom. The van der Waals surface area contributed by atoms with Gasteiger partial charge in [0.1, 0.15) is 0 Å². The highest BCUT2D eigenvalue weighted by Gasteiger charge is 2.30. The van der Waals surface area contributed by atoms with Crippen LogP contribution in [0.2, 0.25) is 0 Å². The van der Waals surface area contributed by atoms with Gasteiger partial charge in [0.2, 0.25) is 0 Å². The first-order valence-electron chi connectivity index (χ1n) is 13.8. The Hall–Kier alpha value is 0. The molecule has 0 heterocycles. The fourth-order valence-corrected chi connectivity index (χ4v) is 6.32. The van der Waals surface area contributed by atoms with Gasteiger partial charge in [-0.05, 0) is 49.4 Å². The maximum Gasteiger partial charge on any atom is -0.0386 e. The molecule has 0 aromatic heterocycles. The molecule has 2 aliphatic rings. The van der Waals surface area contributed by atoms with Crippen molar-refractivity contribution in [1.82, 2.24) is 0 Å². The van der Waals surface area contributed by atoms with Crippen molar-refractivity contribution >= 4 is 0 Å². The van der Waals surface area contributed by atoms with Crippen LogP contribution in [0, 0.1) is 23.7 Å². The second-order valence-corrected chi connectivity index (χ2v) is 10.7. The first-order chi connectivity index (χ1) is 13.8. The summed E-state index contributed by atoms with van der Waals surface area (Å²) in [6.45, 7) is 4.64. The molecule has 0 aliphatic heterocycles. The van der Waals surface area contributed by atoms with Crippen molar-refractivity contribution in [3.63, 3.8) is 0 Å². The second kappa shape index (κ2) is 15.8. The SMILES string of the molecule is CCCCCCCCC[C@H]1CC[C@H]([C@H]2CC[C@H](CCCCCCC)CC2)CC1. The monoisotopic (exact) mass is 390 g/mol. The van der Waals surface area contributed by atoms with Crippen molar-refractivity contribution in [3.8, 4) is 0 Å². The van der Waals surface area contributed by atoms with Crippen molar-refractivity contribution in [3.05, 3.63) is 0 Å². The molecule has 0 heteroatoms. The molecule has 0 atom stereocenters. The van der Waals surface area contributed by atoms with Crippen LogP contribution < -0.4 is 0 Å². The van der Waals surface area contributed by atoms with Crippen LogP contribution in [0.3, 0.4) is 0 Å². The van der Waals surface area contributed by atoms with Gasteiger partial charge in [0.15, 0.2) is 0 Å². The van der Waals surface area contributed by atoms with Crippen LogP contribution in [0.4, 0.5) is 0 Å². The molecule has 0 radical (unpaired) electrons. The van der Waals surface area contributed by atoms with Crippen LogP contribution in [0.1, 0.15) is 155 Å². The number of hydrogen-bond acceptors (Lipinski definition) is 0. The average Bonchev–Trinajstić information content (AvgIpc) is 2.74. The van der Waals surface area contributed by atoms with Gasteiger partial charge in [-0.3, -0.25) is 0 Å². The Labute approximate surface area is 179 Å². The van der Waals surface area contributed by atoms with Gasteiger partial charge in [0, 0.05) is 0 Å². The molecule has 0 unspecified atom stereocenters. The number of unbranched alkanes of at least 4 members (excludes halogenated alkanes) is 10. The summed E-state index contributed by atoms with van der Waals surface area (Å²) >= 11 is 0. The van der Waals surface area contributed by atoms with Crippen molar-refractivity contribution in [2.24, 2.45) is 23.7 Å². The van der Waals surface area contributed by atoms with E-state index >= 15 is 0 Å². The first-order valence-corrected chi connectivity index (χ1v) is 13.8. The molecule has 0 aromatic carbocycles. The lowest BCUT2D eigenvalue weighted by Crippen LogP contribution is -2.25. The van der Waals surface area contributed by atoms with Gasteiger partial charge in [-0.25, -0.2) is 0 Å². The Balaban J connectivity index is 1.46. The summed E-state index contributed by atoms with van der Waals surface area (Å²) in [5, 5.41) is 0. The van der Waals surface area contributed by atoms with Crippen molar-refractivity contribution in [1.29, 1.82) is 0 Å². The zero-order valence-corrected chi connectivity index (χ0v) is 19.9. The highest BCUT2D eigenvalue weighted by molar-refractivity contribution is 4.82. The van der Waals surface area contributed by atoms with E-state index in [1.807, 2.05) is 0 Å². The minimum Gasteiger partial charge on any atom is -0.0654 e. The van der Waals surface area contributed by atoms with Crippen molar-refractivity contribution in [2.75, 3.05) is 0 Å². The van der Waals surface area contributed by atoms with Gasteiger partial charge in [-0.2, -0.15) is 0 Å². The summed E-state index contributed by atoms with van der Waals surface area (Å²) in [7, 11) is 0. The molecule has 0 bridgehead atoms. The molecule has 28 heavy (non-hydrogen) atoms. The third kappa shape index (κ3) is 10.2. The van der Waals surface area contributed by atoms with Crippen molar-refractivity contribution < 1.29 is 0 Å². The van der Waals surface area contributed by atoms with Crippen molar-refractivity contribution in [2.45, 2.75) is 155 Å². The predicted molar refractivity (Wildman–Crippen MR) is 127 cm³/mol. The van der Waals surface area contributed by atoms with E-state index in [2.05, 4.69) is 13.8 Å². The third-order valence-electron chi connectivity index (χ3n) is 8.38. The van der Waals surface area contributed by atoms with Crippen LogP contribution in [0.5, 0.6) is 0 Å². The molecule has 2 aliphatic carbocycles. The fraction of sp³-hybridized carbons (Fsp3) is 1.00. The maximum absolute atomic E-state index is 2.32. The van der Waals surface area contributed by atoms with E-state index < -0.39 is 0 Å². The topological polar surface area (TPSA) is 0 Å². The minimum atomic E-state index is 1.09. The fourth-order valence-electron chi connectivity index (χ4n) is 6.32. The molecular weight excluding hydrogens is 336 g/mol. The Morgan fingerprint density at radius 1 is 0.393 bits per heavy atom. The van der Waals surface area contributed by atoms with E-state index in [1.54, 1.807) is 64.2 Å². The van der Waals surface area contributed by atoms with Gasteiger partial charge >= 0.3 is 0 Å². The van der Waals surface area contributed by atoms with Gasteiger partial charge in [-0.1, -0.05) is 129 Å². The number of rotatable bonds is 15. The molecule has 0 spiro atoms. The van der Waals surface area contributed by atoms with E-state index in [0.717, 1.165) is 23.7 Å². The third-order valence-corrected chi connectivity index (χ3v) is 8.38. The van der Waals surface area contributed by atoms with E-state index in [9.17, 15) is 0 Å². The molecule has 0 N–H and O–H groups in total. The maximum atomic E-state index is 2.32. The molecule has 2 fully saturated rings. The van der Waals surface area contributed by atoms with E-state index in [-0.39, 0.29) is 0 Å².